The standard InChI is InChI=1S/C19H29IN2O3/c1-3-15(4-2)18(22-9-11-24-12-10-22)13-21-19(23)14-25-17-7-5-16(20)6-8-17/h5-8,15,18H,3-4,9-14H2,1-2H3,(H,21,23). The number of rotatable bonds is 9. The van der Waals surface area contributed by atoms with E-state index in [1.165, 1.54) is 0 Å². The Labute approximate surface area is 164 Å². The van der Waals surface area contributed by atoms with Gasteiger partial charge in [-0.2, -0.15) is 0 Å². The van der Waals surface area contributed by atoms with E-state index >= 15 is 0 Å². The van der Waals surface area contributed by atoms with Crippen molar-refractivity contribution in [3.8, 4) is 5.75 Å². The van der Waals surface area contributed by atoms with Crippen LogP contribution in [0.4, 0.5) is 0 Å². The van der Waals surface area contributed by atoms with Crippen molar-refractivity contribution >= 4 is 28.5 Å². The lowest BCUT2D eigenvalue weighted by atomic mass is 9.92. The van der Waals surface area contributed by atoms with E-state index in [1.807, 2.05) is 24.3 Å². The van der Waals surface area contributed by atoms with E-state index in [0.29, 0.717) is 18.5 Å². The minimum atomic E-state index is -0.0669. The molecule has 1 heterocycles. The molecule has 1 aromatic carbocycles. The highest BCUT2D eigenvalue weighted by molar-refractivity contribution is 14.1. The van der Waals surface area contributed by atoms with E-state index in [1.54, 1.807) is 0 Å². The van der Waals surface area contributed by atoms with Gasteiger partial charge in [0, 0.05) is 29.2 Å². The number of hydrogen-bond acceptors (Lipinski definition) is 4. The van der Waals surface area contributed by atoms with Gasteiger partial charge in [-0.3, -0.25) is 9.69 Å². The van der Waals surface area contributed by atoms with Gasteiger partial charge < -0.3 is 14.8 Å². The molecule has 1 fully saturated rings. The quantitative estimate of drug-likeness (QED) is 0.576. The summed E-state index contributed by atoms with van der Waals surface area (Å²) in [6, 6.07) is 8.07. The van der Waals surface area contributed by atoms with Gasteiger partial charge in [0.25, 0.3) is 5.91 Å². The summed E-state index contributed by atoms with van der Waals surface area (Å²) in [6.45, 7) is 8.61. The van der Waals surface area contributed by atoms with Gasteiger partial charge in [0.1, 0.15) is 5.75 Å². The predicted octanol–water partition coefficient (Wildman–Crippen LogP) is 2.92. The highest BCUT2D eigenvalue weighted by Gasteiger charge is 2.27. The molecule has 2 rings (SSSR count). The van der Waals surface area contributed by atoms with Crippen LogP contribution in [0.3, 0.4) is 0 Å². The zero-order chi connectivity index (χ0) is 18.1. The van der Waals surface area contributed by atoms with Crippen LogP contribution in [0.2, 0.25) is 0 Å². The van der Waals surface area contributed by atoms with Crippen molar-refractivity contribution in [2.24, 2.45) is 5.92 Å². The van der Waals surface area contributed by atoms with Crippen molar-refractivity contribution < 1.29 is 14.3 Å². The Morgan fingerprint density at radius 1 is 1.24 bits per heavy atom. The number of ether oxygens (including phenoxy) is 2. The highest BCUT2D eigenvalue weighted by atomic mass is 127. The van der Waals surface area contributed by atoms with Crippen LogP contribution in [-0.4, -0.2) is 56.3 Å². The third-order valence-electron chi connectivity index (χ3n) is 4.80. The zero-order valence-corrected chi connectivity index (χ0v) is 17.3. The minimum Gasteiger partial charge on any atom is -0.484 e. The number of halogens is 1. The van der Waals surface area contributed by atoms with E-state index in [2.05, 4.69) is 46.7 Å². The Hall–Kier alpha value is -0.860. The molecule has 0 saturated carbocycles. The molecule has 1 aliphatic rings. The third-order valence-corrected chi connectivity index (χ3v) is 5.52. The fourth-order valence-electron chi connectivity index (χ4n) is 3.28. The van der Waals surface area contributed by atoms with Gasteiger partial charge in [0.2, 0.25) is 0 Å². The highest BCUT2D eigenvalue weighted by Crippen LogP contribution is 2.19. The summed E-state index contributed by atoms with van der Waals surface area (Å²) in [4.78, 5) is 14.6. The molecule has 1 unspecified atom stereocenters. The Balaban J connectivity index is 1.83. The van der Waals surface area contributed by atoms with Crippen LogP contribution in [0.1, 0.15) is 26.7 Å². The molecule has 0 bridgehead atoms. The first-order chi connectivity index (χ1) is 12.1. The lowest BCUT2D eigenvalue weighted by molar-refractivity contribution is -0.123. The summed E-state index contributed by atoms with van der Waals surface area (Å²) in [5.41, 5.74) is 0. The van der Waals surface area contributed by atoms with Crippen LogP contribution in [-0.2, 0) is 9.53 Å². The summed E-state index contributed by atoms with van der Waals surface area (Å²) in [5.74, 6) is 1.23. The smallest absolute Gasteiger partial charge is 0.257 e. The van der Waals surface area contributed by atoms with E-state index < -0.39 is 0 Å². The van der Waals surface area contributed by atoms with Crippen LogP contribution in [0, 0.1) is 9.49 Å². The summed E-state index contributed by atoms with van der Waals surface area (Å²) in [5, 5.41) is 3.06. The maximum atomic E-state index is 12.2. The number of carbonyl (C=O) groups excluding carboxylic acids is 1. The van der Waals surface area contributed by atoms with Gasteiger partial charge in [-0.15, -0.1) is 0 Å². The number of benzene rings is 1. The summed E-state index contributed by atoms with van der Waals surface area (Å²) >= 11 is 2.24. The van der Waals surface area contributed by atoms with E-state index in [4.69, 9.17) is 9.47 Å². The van der Waals surface area contributed by atoms with Crippen molar-refractivity contribution in [2.45, 2.75) is 32.7 Å². The molecule has 0 radical (unpaired) electrons. The molecule has 25 heavy (non-hydrogen) atoms. The van der Waals surface area contributed by atoms with Crippen molar-refractivity contribution in [3.63, 3.8) is 0 Å². The first kappa shape index (κ1) is 20.5. The largest absolute Gasteiger partial charge is 0.484 e. The zero-order valence-electron chi connectivity index (χ0n) is 15.2. The lowest BCUT2D eigenvalue weighted by Crippen LogP contribution is -2.52. The molecule has 1 amide bonds. The van der Waals surface area contributed by atoms with Gasteiger partial charge in [-0.05, 0) is 52.8 Å². The molecular formula is C19H29IN2O3. The van der Waals surface area contributed by atoms with Crippen LogP contribution < -0.4 is 10.1 Å². The van der Waals surface area contributed by atoms with Crippen LogP contribution in [0.15, 0.2) is 24.3 Å². The first-order valence-electron chi connectivity index (χ1n) is 9.10. The Morgan fingerprint density at radius 2 is 1.88 bits per heavy atom. The van der Waals surface area contributed by atoms with Crippen molar-refractivity contribution in [2.75, 3.05) is 39.5 Å². The van der Waals surface area contributed by atoms with Crippen LogP contribution in [0.5, 0.6) is 5.75 Å². The number of nitrogens with one attached hydrogen (secondary N) is 1. The van der Waals surface area contributed by atoms with E-state index in [-0.39, 0.29) is 12.5 Å². The number of morpholine rings is 1. The molecule has 5 nitrogen and oxygen atoms in total. The lowest BCUT2D eigenvalue weighted by Gasteiger charge is -2.38. The van der Waals surface area contributed by atoms with Gasteiger partial charge >= 0.3 is 0 Å². The molecule has 1 saturated heterocycles. The average molecular weight is 460 g/mol. The predicted molar refractivity (Wildman–Crippen MR) is 108 cm³/mol. The van der Waals surface area contributed by atoms with Gasteiger partial charge in [0.15, 0.2) is 6.61 Å². The van der Waals surface area contributed by atoms with E-state index in [0.717, 1.165) is 48.5 Å². The Bertz CT molecular complexity index is 514. The summed E-state index contributed by atoms with van der Waals surface area (Å²) in [7, 11) is 0. The molecule has 1 atom stereocenters. The first-order valence-corrected chi connectivity index (χ1v) is 10.2. The number of nitrogens with zero attached hydrogens (tertiary/aromatic N) is 1. The molecule has 1 N–H and O–H groups in total. The van der Waals surface area contributed by atoms with E-state index in [9.17, 15) is 4.79 Å². The number of hydrogen-bond donors (Lipinski definition) is 1. The Kier molecular flexibility index (Phi) is 8.98. The third kappa shape index (κ3) is 6.75. The van der Waals surface area contributed by atoms with Gasteiger partial charge in [0.05, 0.1) is 13.2 Å². The molecule has 140 valence electrons. The molecular weight excluding hydrogens is 431 g/mol. The monoisotopic (exact) mass is 460 g/mol. The second kappa shape index (κ2) is 11.0. The fraction of sp³-hybridized carbons (Fsp3) is 0.632. The maximum Gasteiger partial charge on any atom is 0.257 e. The van der Waals surface area contributed by atoms with Crippen LogP contribution >= 0.6 is 22.6 Å². The second-order valence-electron chi connectivity index (χ2n) is 6.34. The summed E-state index contributed by atoms with van der Waals surface area (Å²) < 4.78 is 12.2. The van der Waals surface area contributed by atoms with Gasteiger partial charge in [-0.1, -0.05) is 26.7 Å². The maximum absolute atomic E-state index is 12.2. The molecule has 0 aliphatic carbocycles. The Morgan fingerprint density at radius 3 is 2.48 bits per heavy atom. The average Bonchev–Trinajstić information content (AvgIpc) is 2.65. The van der Waals surface area contributed by atoms with Crippen molar-refractivity contribution in [3.05, 3.63) is 27.8 Å². The number of carbonyl (C=O) groups is 1. The molecule has 1 aliphatic heterocycles. The van der Waals surface area contributed by atoms with Crippen molar-refractivity contribution in [1.82, 2.24) is 10.2 Å². The SMILES string of the molecule is CCC(CC)C(CNC(=O)COc1ccc(I)cc1)N1CCOCC1. The molecule has 6 heteroatoms. The molecule has 0 aromatic heterocycles. The normalized spacial score (nSPS) is 16.6. The van der Waals surface area contributed by atoms with Crippen molar-refractivity contribution in [1.29, 1.82) is 0 Å². The van der Waals surface area contributed by atoms with Gasteiger partial charge in [-0.25, -0.2) is 0 Å². The number of amides is 1. The van der Waals surface area contributed by atoms with Crippen LogP contribution in [0.25, 0.3) is 0 Å². The second-order valence-corrected chi connectivity index (χ2v) is 7.58. The topological polar surface area (TPSA) is 50.8 Å². The fourth-order valence-corrected chi connectivity index (χ4v) is 3.64. The molecule has 0 spiro atoms. The summed E-state index contributed by atoms with van der Waals surface area (Å²) in [6.07, 6.45) is 2.24. The minimum absolute atomic E-state index is 0.0549. The molecule has 1 aromatic rings.